The van der Waals surface area contributed by atoms with Crippen molar-refractivity contribution in [3.8, 4) is 0 Å². The van der Waals surface area contributed by atoms with Crippen molar-refractivity contribution in [1.82, 2.24) is 4.90 Å². The molecule has 2 saturated heterocycles. The van der Waals surface area contributed by atoms with Gasteiger partial charge >= 0.3 is 0 Å². The van der Waals surface area contributed by atoms with E-state index in [1.54, 1.807) is 12.1 Å². The second-order valence-electron chi connectivity index (χ2n) is 9.62. The topological polar surface area (TPSA) is 64.7 Å². The van der Waals surface area contributed by atoms with E-state index >= 15 is 0 Å². The minimum Gasteiger partial charge on any atom is -0.380 e. The Balaban J connectivity index is 1.15. The van der Waals surface area contributed by atoms with Crippen molar-refractivity contribution in [2.45, 2.75) is 31.2 Å². The number of nitrogens with zero attached hydrogens (tertiary/aromatic N) is 2. The van der Waals surface area contributed by atoms with Crippen molar-refractivity contribution in [3.63, 3.8) is 0 Å². The second kappa shape index (κ2) is 10.0. The molecule has 3 aromatic rings. The molecule has 36 heavy (non-hydrogen) atoms. The second-order valence-corrected chi connectivity index (χ2v) is 11.9. The predicted molar refractivity (Wildman–Crippen MR) is 152 cm³/mol. The summed E-state index contributed by atoms with van der Waals surface area (Å²) in [6.07, 6.45) is 0. The molecule has 0 saturated carbocycles. The van der Waals surface area contributed by atoms with Gasteiger partial charge in [-0.25, -0.2) is 0 Å². The van der Waals surface area contributed by atoms with Gasteiger partial charge in [0.15, 0.2) is 0 Å². The molecule has 8 heteroatoms. The maximum Gasteiger partial charge on any atom is 0.255 e. The van der Waals surface area contributed by atoms with Gasteiger partial charge < -0.3 is 10.6 Å². The number of nitrogens with one attached hydrogen (secondary N) is 2. The Morgan fingerprint density at radius 3 is 2.39 bits per heavy atom. The number of carbonyl (C=O) groups is 2. The van der Waals surface area contributed by atoms with E-state index in [0.717, 1.165) is 25.3 Å². The smallest absolute Gasteiger partial charge is 0.255 e. The normalized spacial score (nSPS) is 17.7. The number of rotatable bonds is 7. The monoisotopic (exact) mass is 516 g/mol. The van der Waals surface area contributed by atoms with Crippen LogP contribution in [0.2, 0.25) is 0 Å². The molecule has 3 aromatic carbocycles. The van der Waals surface area contributed by atoms with E-state index in [9.17, 15) is 9.59 Å². The maximum atomic E-state index is 12.8. The lowest BCUT2D eigenvalue weighted by atomic mass is 10.1. The quantitative estimate of drug-likeness (QED) is 0.411. The Kier molecular flexibility index (Phi) is 6.83. The molecule has 0 radical (unpaired) electrons. The molecule has 2 heterocycles. The van der Waals surface area contributed by atoms with Crippen molar-refractivity contribution in [2.75, 3.05) is 28.6 Å². The number of carbonyl (C=O) groups excluding carboxylic acids is 2. The highest BCUT2D eigenvalue weighted by Gasteiger charge is 2.44. The Labute approximate surface area is 221 Å². The summed E-state index contributed by atoms with van der Waals surface area (Å²) < 4.78 is -0.0718. The first-order valence-corrected chi connectivity index (χ1v) is 13.1. The van der Waals surface area contributed by atoms with E-state index < -0.39 is 4.75 Å². The summed E-state index contributed by atoms with van der Waals surface area (Å²) in [5.74, 6) is -0.264. The van der Waals surface area contributed by atoms with Crippen LogP contribution in [0.15, 0.2) is 78.9 Å². The van der Waals surface area contributed by atoms with Crippen LogP contribution < -0.4 is 15.5 Å². The standard InChI is InChI=1S/C28H28N4O2S2/c1-28(2)26(34)32(27(35)36-28)24-10-6-9-22(15-24)30-25(33)20-11-13-21(14-12-20)29-23-17-31(18-23)16-19-7-4-3-5-8-19/h3-15,23,29H,16-18H2,1-2H3,(H,30,33). The van der Waals surface area contributed by atoms with Gasteiger partial charge in [-0.1, -0.05) is 60.4 Å². The number of amides is 2. The van der Waals surface area contributed by atoms with Gasteiger partial charge in [-0.05, 0) is 61.9 Å². The van der Waals surface area contributed by atoms with Gasteiger partial charge in [0.1, 0.15) is 4.32 Å². The van der Waals surface area contributed by atoms with Crippen LogP contribution >= 0.6 is 24.0 Å². The molecule has 5 rings (SSSR count). The molecular formula is C28H28N4O2S2. The Morgan fingerprint density at radius 2 is 1.72 bits per heavy atom. The van der Waals surface area contributed by atoms with Gasteiger partial charge in [-0.2, -0.15) is 0 Å². The van der Waals surface area contributed by atoms with Crippen LogP contribution in [0.5, 0.6) is 0 Å². The number of thioether (sulfide) groups is 1. The number of thiocarbonyl (C=S) groups is 1. The Bertz CT molecular complexity index is 1290. The molecule has 0 atom stereocenters. The highest BCUT2D eigenvalue weighted by atomic mass is 32.2. The van der Waals surface area contributed by atoms with Crippen LogP contribution in [0.4, 0.5) is 17.1 Å². The summed E-state index contributed by atoms with van der Waals surface area (Å²) in [6.45, 7) is 6.68. The zero-order chi connectivity index (χ0) is 25.3. The molecule has 2 aliphatic rings. The molecule has 184 valence electrons. The molecule has 2 aliphatic heterocycles. The van der Waals surface area contributed by atoms with Crippen LogP contribution in [-0.4, -0.2) is 44.9 Å². The van der Waals surface area contributed by atoms with Gasteiger partial charge in [0.05, 0.1) is 16.5 Å². The predicted octanol–water partition coefficient (Wildman–Crippen LogP) is 5.38. The average Bonchev–Trinajstić information content (AvgIpc) is 3.05. The molecule has 0 aliphatic carbocycles. The van der Waals surface area contributed by atoms with Crippen LogP contribution in [-0.2, 0) is 11.3 Å². The molecule has 2 fully saturated rings. The molecule has 0 aromatic heterocycles. The lowest BCUT2D eigenvalue weighted by Crippen LogP contribution is -2.53. The van der Waals surface area contributed by atoms with E-state index in [4.69, 9.17) is 12.2 Å². The van der Waals surface area contributed by atoms with E-state index in [-0.39, 0.29) is 11.8 Å². The first-order chi connectivity index (χ1) is 17.3. The van der Waals surface area contributed by atoms with E-state index in [1.807, 2.05) is 56.3 Å². The summed E-state index contributed by atoms with van der Waals surface area (Å²) in [7, 11) is 0. The Morgan fingerprint density at radius 1 is 1.00 bits per heavy atom. The van der Waals surface area contributed by atoms with Crippen molar-refractivity contribution in [1.29, 1.82) is 0 Å². The number of anilines is 3. The fraction of sp³-hybridized carbons (Fsp3) is 0.250. The first-order valence-electron chi connectivity index (χ1n) is 11.9. The van der Waals surface area contributed by atoms with Gasteiger partial charge in [0, 0.05) is 36.6 Å². The number of hydrogen-bond donors (Lipinski definition) is 2. The third-order valence-corrected chi connectivity index (χ3v) is 7.80. The van der Waals surface area contributed by atoms with Crippen molar-refractivity contribution >= 4 is 57.2 Å². The average molecular weight is 517 g/mol. The third-order valence-electron chi connectivity index (χ3n) is 6.33. The molecule has 6 nitrogen and oxygen atoms in total. The highest BCUT2D eigenvalue weighted by Crippen LogP contribution is 2.40. The lowest BCUT2D eigenvalue weighted by molar-refractivity contribution is -0.118. The van der Waals surface area contributed by atoms with Crippen molar-refractivity contribution in [2.24, 2.45) is 0 Å². The SMILES string of the molecule is CC1(C)SC(=S)N(c2cccc(NC(=O)c3ccc(NC4CN(Cc5ccccc5)C4)cc3)c2)C1=O. The van der Waals surface area contributed by atoms with Gasteiger partial charge in [0.25, 0.3) is 5.91 Å². The van der Waals surface area contributed by atoms with Crippen LogP contribution in [0.3, 0.4) is 0 Å². The Hall–Kier alpha value is -3.20. The summed E-state index contributed by atoms with van der Waals surface area (Å²) in [5.41, 5.74) is 4.16. The molecule has 2 N–H and O–H groups in total. The number of hydrogen-bond acceptors (Lipinski definition) is 6. The van der Waals surface area contributed by atoms with Crippen LogP contribution in [0, 0.1) is 0 Å². The van der Waals surface area contributed by atoms with Crippen LogP contribution in [0.1, 0.15) is 29.8 Å². The number of likely N-dealkylation sites (tertiary alicyclic amines) is 1. The van der Waals surface area contributed by atoms with Gasteiger partial charge in [-0.15, -0.1) is 0 Å². The molecule has 0 bridgehead atoms. The molecular weight excluding hydrogens is 488 g/mol. The van der Waals surface area contributed by atoms with E-state index in [2.05, 4.69) is 39.8 Å². The highest BCUT2D eigenvalue weighted by molar-refractivity contribution is 8.25. The van der Waals surface area contributed by atoms with E-state index in [0.29, 0.717) is 27.3 Å². The summed E-state index contributed by atoms with van der Waals surface area (Å²) in [4.78, 5) is 29.5. The minimum atomic E-state index is -0.591. The van der Waals surface area contributed by atoms with Crippen LogP contribution in [0.25, 0.3) is 0 Å². The largest absolute Gasteiger partial charge is 0.380 e. The zero-order valence-corrected chi connectivity index (χ0v) is 21.9. The fourth-order valence-electron chi connectivity index (χ4n) is 4.39. The summed E-state index contributed by atoms with van der Waals surface area (Å²) in [6, 6.07) is 25.6. The van der Waals surface area contributed by atoms with Gasteiger partial charge in [0.2, 0.25) is 5.91 Å². The lowest BCUT2D eigenvalue weighted by Gasteiger charge is -2.40. The third kappa shape index (κ3) is 5.31. The summed E-state index contributed by atoms with van der Waals surface area (Å²) in [5, 5.41) is 6.47. The molecule has 0 unspecified atom stereocenters. The first kappa shape index (κ1) is 24.5. The zero-order valence-electron chi connectivity index (χ0n) is 20.2. The molecule has 2 amide bonds. The molecule has 0 spiro atoms. The van der Waals surface area contributed by atoms with Gasteiger partial charge in [-0.3, -0.25) is 19.4 Å². The number of benzene rings is 3. The van der Waals surface area contributed by atoms with Crippen molar-refractivity contribution < 1.29 is 9.59 Å². The fourth-order valence-corrected chi connectivity index (χ4v) is 6.10. The maximum absolute atomic E-state index is 12.8. The minimum absolute atomic E-state index is 0.0567. The summed E-state index contributed by atoms with van der Waals surface area (Å²) >= 11 is 6.79. The van der Waals surface area contributed by atoms with Crippen molar-refractivity contribution in [3.05, 3.63) is 90.0 Å². The van der Waals surface area contributed by atoms with E-state index in [1.165, 1.54) is 22.2 Å².